The Hall–Kier alpha value is -2.56. The van der Waals surface area contributed by atoms with Crippen LogP contribution in [0.5, 0.6) is 5.75 Å². The van der Waals surface area contributed by atoms with Gasteiger partial charge in [-0.1, -0.05) is 30.3 Å². The summed E-state index contributed by atoms with van der Waals surface area (Å²) in [6.45, 7) is 2.44. The molecule has 0 saturated carbocycles. The highest BCUT2D eigenvalue weighted by Crippen LogP contribution is 2.28. The van der Waals surface area contributed by atoms with E-state index >= 15 is 0 Å². The van der Waals surface area contributed by atoms with E-state index in [1.165, 1.54) is 16.5 Å². The average molecular weight is 466 g/mol. The van der Waals surface area contributed by atoms with Gasteiger partial charge in [0.05, 0.1) is 5.51 Å². The van der Waals surface area contributed by atoms with E-state index < -0.39 is 26.6 Å². The normalized spacial score (nSPS) is 15.7. The summed E-state index contributed by atoms with van der Waals surface area (Å²) >= 11 is 1.16. The maximum absolute atomic E-state index is 14.5. The first-order chi connectivity index (χ1) is 14.9. The minimum atomic E-state index is -4.45. The van der Waals surface area contributed by atoms with E-state index in [-0.39, 0.29) is 17.7 Å². The van der Waals surface area contributed by atoms with Gasteiger partial charge in [-0.2, -0.15) is 0 Å². The molecule has 0 unspecified atom stereocenters. The summed E-state index contributed by atoms with van der Waals surface area (Å²) in [5, 5.41) is 1.43. The number of thiazole rings is 1. The van der Waals surface area contributed by atoms with E-state index in [0.717, 1.165) is 43.1 Å². The van der Waals surface area contributed by atoms with Gasteiger partial charge < -0.3 is 4.74 Å². The van der Waals surface area contributed by atoms with Crippen molar-refractivity contribution in [1.82, 2.24) is 9.88 Å². The van der Waals surface area contributed by atoms with Crippen LogP contribution >= 0.6 is 11.3 Å². The number of anilines is 1. The highest BCUT2D eigenvalue weighted by atomic mass is 32.2. The van der Waals surface area contributed by atoms with Gasteiger partial charge in [-0.25, -0.2) is 22.2 Å². The van der Waals surface area contributed by atoms with E-state index in [1.807, 2.05) is 18.2 Å². The van der Waals surface area contributed by atoms with E-state index in [0.29, 0.717) is 12.8 Å². The van der Waals surface area contributed by atoms with Crippen molar-refractivity contribution >= 4 is 27.2 Å². The van der Waals surface area contributed by atoms with Crippen LogP contribution in [0.4, 0.5) is 14.6 Å². The minimum absolute atomic E-state index is 0.00592. The van der Waals surface area contributed by atoms with Crippen molar-refractivity contribution in [2.45, 2.75) is 30.4 Å². The summed E-state index contributed by atoms with van der Waals surface area (Å²) in [4.78, 5) is 5.02. The standard InChI is InChI=1S/C21H21F2N3O3S2/c22-18-10-17(11-19(23)21(18)31(27,28)25-20-13-30-14-24-20)29-16-6-8-26(9-7-16)12-15-4-2-1-3-5-15/h1-5,10-11,13-14,16,25H,6-9,12H2. The number of nitrogens with one attached hydrogen (secondary N) is 1. The van der Waals surface area contributed by atoms with Gasteiger partial charge >= 0.3 is 0 Å². The predicted molar refractivity (Wildman–Crippen MR) is 115 cm³/mol. The molecule has 0 aliphatic carbocycles. The Kier molecular flexibility index (Phi) is 6.49. The van der Waals surface area contributed by atoms with Crippen molar-refractivity contribution in [3.05, 3.63) is 70.6 Å². The molecule has 1 aromatic heterocycles. The van der Waals surface area contributed by atoms with Gasteiger partial charge in [-0.15, -0.1) is 11.3 Å². The number of nitrogens with zero attached hydrogens (tertiary/aromatic N) is 2. The Bertz CT molecular complexity index is 1100. The molecule has 1 aliphatic rings. The van der Waals surface area contributed by atoms with Gasteiger partial charge in [0.2, 0.25) is 0 Å². The third-order valence-electron chi connectivity index (χ3n) is 5.00. The van der Waals surface area contributed by atoms with Gasteiger partial charge in [0, 0.05) is 37.1 Å². The average Bonchev–Trinajstić information content (AvgIpc) is 3.22. The molecule has 1 fully saturated rings. The van der Waals surface area contributed by atoms with Gasteiger partial charge in [-0.3, -0.25) is 9.62 Å². The molecule has 2 aromatic carbocycles. The quantitative estimate of drug-likeness (QED) is 0.564. The van der Waals surface area contributed by atoms with Crippen LogP contribution in [-0.2, 0) is 16.6 Å². The number of benzene rings is 2. The largest absolute Gasteiger partial charge is 0.490 e. The summed E-state index contributed by atoms with van der Waals surface area (Å²) in [5.41, 5.74) is 2.64. The first-order valence-corrected chi connectivity index (χ1v) is 12.2. The zero-order valence-electron chi connectivity index (χ0n) is 16.5. The summed E-state index contributed by atoms with van der Waals surface area (Å²) in [6.07, 6.45) is 1.23. The van der Waals surface area contributed by atoms with E-state index in [1.54, 1.807) is 0 Å². The van der Waals surface area contributed by atoms with Crippen LogP contribution in [0.15, 0.2) is 58.3 Å². The van der Waals surface area contributed by atoms with E-state index in [2.05, 4.69) is 26.7 Å². The van der Waals surface area contributed by atoms with Gasteiger partial charge in [0.25, 0.3) is 10.0 Å². The van der Waals surface area contributed by atoms with Gasteiger partial charge in [0.15, 0.2) is 10.7 Å². The second-order valence-corrected chi connectivity index (χ2v) is 9.61. The Morgan fingerprint density at radius 2 is 1.81 bits per heavy atom. The van der Waals surface area contributed by atoms with Crippen molar-refractivity contribution in [2.24, 2.45) is 0 Å². The monoisotopic (exact) mass is 465 g/mol. The molecule has 10 heteroatoms. The molecule has 0 atom stereocenters. The van der Waals surface area contributed by atoms with Crippen LogP contribution in [0.1, 0.15) is 18.4 Å². The summed E-state index contributed by atoms with van der Waals surface area (Å²) in [5.74, 6) is -2.44. The third kappa shape index (κ3) is 5.38. The molecule has 1 N–H and O–H groups in total. The molecule has 3 aromatic rings. The number of sulfonamides is 1. The SMILES string of the molecule is O=S(=O)(Nc1cscn1)c1c(F)cc(OC2CCN(Cc3ccccc3)CC2)cc1F. The topological polar surface area (TPSA) is 71.5 Å². The minimum Gasteiger partial charge on any atom is -0.490 e. The number of aromatic nitrogens is 1. The lowest BCUT2D eigenvalue weighted by molar-refractivity contribution is 0.0961. The van der Waals surface area contributed by atoms with Crippen LogP contribution in [0.2, 0.25) is 0 Å². The van der Waals surface area contributed by atoms with Crippen molar-refractivity contribution < 1.29 is 21.9 Å². The second-order valence-electron chi connectivity index (χ2n) is 7.27. The lowest BCUT2D eigenvalue weighted by Gasteiger charge is -2.32. The van der Waals surface area contributed by atoms with Crippen molar-refractivity contribution in [2.75, 3.05) is 17.8 Å². The highest BCUT2D eigenvalue weighted by Gasteiger charge is 2.27. The summed E-state index contributed by atoms with van der Waals surface area (Å²) in [6, 6.07) is 12.0. The van der Waals surface area contributed by atoms with Crippen molar-refractivity contribution in [3.8, 4) is 5.75 Å². The molecule has 0 bridgehead atoms. The fraction of sp³-hybridized carbons (Fsp3) is 0.286. The number of hydrogen-bond acceptors (Lipinski definition) is 6. The van der Waals surface area contributed by atoms with Crippen molar-refractivity contribution in [3.63, 3.8) is 0 Å². The van der Waals surface area contributed by atoms with E-state index in [9.17, 15) is 17.2 Å². The molecule has 1 aliphatic heterocycles. The number of hydrogen-bond donors (Lipinski definition) is 1. The van der Waals surface area contributed by atoms with Crippen LogP contribution in [0.25, 0.3) is 0 Å². The Morgan fingerprint density at radius 3 is 2.42 bits per heavy atom. The molecule has 4 rings (SSSR count). The maximum Gasteiger partial charge on any atom is 0.268 e. The molecule has 0 spiro atoms. The number of halogens is 2. The first kappa shape index (κ1) is 21.7. The molecular weight excluding hydrogens is 444 g/mol. The molecule has 164 valence electrons. The number of piperidine rings is 1. The fourth-order valence-corrected chi connectivity index (χ4v) is 5.21. The Morgan fingerprint density at radius 1 is 1.13 bits per heavy atom. The van der Waals surface area contributed by atoms with Crippen LogP contribution in [0.3, 0.4) is 0 Å². The number of likely N-dealkylation sites (tertiary alicyclic amines) is 1. The zero-order valence-corrected chi connectivity index (χ0v) is 18.1. The van der Waals surface area contributed by atoms with E-state index in [4.69, 9.17) is 4.74 Å². The fourth-order valence-electron chi connectivity index (χ4n) is 3.53. The molecule has 0 radical (unpaired) electrons. The van der Waals surface area contributed by atoms with Crippen LogP contribution in [-0.4, -0.2) is 37.5 Å². The van der Waals surface area contributed by atoms with Crippen LogP contribution < -0.4 is 9.46 Å². The van der Waals surface area contributed by atoms with Crippen LogP contribution in [0, 0.1) is 11.6 Å². The molecule has 2 heterocycles. The Labute approximate surface area is 183 Å². The smallest absolute Gasteiger partial charge is 0.268 e. The van der Waals surface area contributed by atoms with Gasteiger partial charge in [-0.05, 0) is 18.4 Å². The molecule has 31 heavy (non-hydrogen) atoms. The second kappa shape index (κ2) is 9.29. The molecule has 1 saturated heterocycles. The Balaban J connectivity index is 1.39. The lowest BCUT2D eigenvalue weighted by atomic mass is 10.1. The van der Waals surface area contributed by atoms with Crippen molar-refractivity contribution in [1.29, 1.82) is 0 Å². The zero-order chi connectivity index (χ0) is 21.8. The highest BCUT2D eigenvalue weighted by molar-refractivity contribution is 7.92. The number of ether oxygens (including phenoxy) is 1. The van der Waals surface area contributed by atoms with Gasteiger partial charge in [0.1, 0.15) is 23.5 Å². The first-order valence-electron chi connectivity index (χ1n) is 9.74. The lowest BCUT2D eigenvalue weighted by Crippen LogP contribution is -2.37. The summed E-state index contributed by atoms with van der Waals surface area (Å²) < 4.78 is 61.6. The molecule has 0 amide bonds. The predicted octanol–water partition coefficient (Wildman–Crippen LogP) is 4.27. The number of rotatable bonds is 7. The molecular formula is C21H21F2N3O3S2. The summed E-state index contributed by atoms with van der Waals surface area (Å²) in [7, 11) is -4.45. The maximum atomic E-state index is 14.5. The third-order valence-corrected chi connectivity index (χ3v) is 6.99. The molecule has 6 nitrogen and oxygen atoms in total.